The molecule has 0 N–H and O–H groups in total. The van der Waals surface area contributed by atoms with Crippen LogP contribution in [0.15, 0.2) is 72.8 Å². The van der Waals surface area contributed by atoms with Gasteiger partial charge in [-0.05, 0) is 69.9 Å². The summed E-state index contributed by atoms with van der Waals surface area (Å²) in [6.07, 6.45) is 0. The highest BCUT2D eigenvalue weighted by Gasteiger charge is 2.19. The molecule has 0 atom stereocenters. The third-order valence-electron chi connectivity index (χ3n) is 5.03. The van der Waals surface area contributed by atoms with Gasteiger partial charge in [0.25, 0.3) is 0 Å². The molecule has 0 amide bonds. The molecule has 4 aromatic rings. The smallest absolute Gasteiger partial charge is 0.00159 e. The molecule has 0 aliphatic carbocycles. The van der Waals surface area contributed by atoms with Gasteiger partial charge in [0, 0.05) is 0 Å². The normalized spacial score (nSPS) is 11.8. The van der Waals surface area contributed by atoms with Crippen LogP contribution in [0.1, 0.15) is 0 Å². The summed E-state index contributed by atoms with van der Waals surface area (Å²) in [6.45, 7) is 9.48. The van der Waals surface area contributed by atoms with E-state index in [4.69, 9.17) is 0 Å². The summed E-state index contributed by atoms with van der Waals surface area (Å²) >= 11 is 0. The van der Waals surface area contributed by atoms with Crippen molar-refractivity contribution in [1.82, 2.24) is 0 Å². The molecule has 4 aromatic carbocycles. The molecule has 0 unspecified atom stereocenters. The number of rotatable bonds is 3. The molecule has 0 fully saturated rings. The summed E-state index contributed by atoms with van der Waals surface area (Å²) < 4.78 is 0. The van der Waals surface area contributed by atoms with Crippen LogP contribution in [0.5, 0.6) is 0 Å². The number of benzene rings is 4. The van der Waals surface area contributed by atoms with Crippen molar-refractivity contribution in [2.45, 2.75) is 0 Å². The number of fused-ring (bicyclic) bond motifs is 2. The van der Waals surface area contributed by atoms with E-state index in [2.05, 4.69) is 99.5 Å². The highest BCUT2D eigenvalue weighted by molar-refractivity contribution is 7.65. The van der Waals surface area contributed by atoms with E-state index < -0.39 is 0 Å². The zero-order valence-electron chi connectivity index (χ0n) is 15.8. The fraction of sp³-hybridized carbons (Fsp3) is 0.167. The van der Waals surface area contributed by atoms with Crippen LogP contribution in [0, 0.1) is 0 Å². The van der Waals surface area contributed by atoms with E-state index >= 15 is 0 Å². The van der Waals surface area contributed by atoms with Crippen LogP contribution in [-0.2, 0) is 0 Å². The molecule has 0 saturated heterocycles. The van der Waals surface area contributed by atoms with Crippen molar-refractivity contribution < 1.29 is 0 Å². The standard InChI is InChI=1S/C24H24P2/c1-25(2)21-15-13-17-9-5-7-11-19(17)23(21)24-20-12-8-6-10-18(20)14-16-22(24)26(3)4/h5-16H,1-4H3. The fourth-order valence-electron chi connectivity index (χ4n) is 3.79. The van der Waals surface area contributed by atoms with E-state index in [-0.39, 0.29) is 15.8 Å². The first kappa shape index (κ1) is 17.7. The molecule has 0 nitrogen and oxygen atoms in total. The van der Waals surface area contributed by atoms with Crippen LogP contribution in [0.25, 0.3) is 32.7 Å². The maximum Gasteiger partial charge on any atom is -0.00159 e. The highest BCUT2D eigenvalue weighted by atomic mass is 31.1. The molecule has 0 spiro atoms. The minimum atomic E-state index is -0.193. The highest BCUT2D eigenvalue weighted by Crippen LogP contribution is 2.41. The predicted octanol–water partition coefficient (Wildman–Crippen LogP) is 6.39. The van der Waals surface area contributed by atoms with Crippen molar-refractivity contribution >= 4 is 48.0 Å². The molecule has 2 heteroatoms. The molecule has 4 rings (SSSR count). The summed E-state index contributed by atoms with van der Waals surface area (Å²) in [6, 6.07) is 27.0. The second kappa shape index (κ2) is 7.11. The Hall–Kier alpha value is -1.74. The third kappa shape index (κ3) is 2.96. The van der Waals surface area contributed by atoms with Gasteiger partial charge in [-0.1, -0.05) is 88.6 Å². The second-order valence-electron chi connectivity index (χ2n) is 7.15. The van der Waals surface area contributed by atoms with Crippen molar-refractivity contribution in [1.29, 1.82) is 0 Å². The quantitative estimate of drug-likeness (QED) is 0.364. The Morgan fingerprint density at radius 1 is 0.462 bits per heavy atom. The predicted molar refractivity (Wildman–Crippen MR) is 124 cm³/mol. The van der Waals surface area contributed by atoms with Crippen LogP contribution >= 0.6 is 15.8 Å². The zero-order chi connectivity index (χ0) is 18.3. The van der Waals surface area contributed by atoms with Crippen molar-refractivity contribution in [3.05, 3.63) is 72.8 Å². The SMILES string of the molecule is CP(C)c1ccc2ccccc2c1-c1c(P(C)C)ccc2ccccc12. The van der Waals surface area contributed by atoms with E-state index in [9.17, 15) is 0 Å². The van der Waals surface area contributed by atoms with Crippen LogP contribution < -0.4 is 10.6 Å². The van der Waals surface area contributed by atoms with Gasteiger partial charge in [-0.25, -0.2) is 0 Å². The van der Waals surface area contributed by atoms with Gasteiger partial charge >= 0.3 is 0 Å². The van der Waals surface area contributed by atoms with Crippen molar-refractivity contribution in [2.24, 2.45) is 0 Å². The van der Waals surface area contributed by atoms with Crippen LogP contribution in [0.3, 0.4) is 0 Å². The average molecular weight is 374 g/mol. The lowest BCUT2D eigenvalue weighted by Gasteiger charge is -2.22. The first-order valence-corrected chi connectivity index (χ1v) is 13.4. The first-order chi connectivity index (χ1) is 12.6. The van der Waals surface area contributed by atoms with Crippen LogP contribution in [0.4, 0.5) is 0 Å². The third-order valence-corrected chi connectivity index (χ3v) is 7.70. The molecule has 130 valence electrons. The molecule has 0 aliphatic heterocycles. The van der Waals surface area contributed by atoms with Gasteiger partial charge < -0.3 is 0 Å². The fourth-order valence-corrected chi connectivity index (χ4v) is 5.90. The minimum absolute atomic E-state index is 0.193. The summed E-state index contributed by atoms with van der Waals surface area (Å²) in [7, 11) is -0.386. The van der Waals surface area contributed by atoms with Gasteiger partial charge in [0.05, 0.1) is 0 Å². The molecule has 0 saturated carbocycles. The van der Waals surface area contributed by atoms with Gasteiger partial charge in [0.2, 0.25) is 0 Å². The Kier molecular flexibility index (Phi) is 4.83. The Labute approximate surface area is 158 Å². The van der Waals surface area contributed by atoms with E-state index in [0.29, 0.717) is 0 Å². The van der Waals surface area contributed by atoms with Gasteiger partial charge in [-0.15, -0.1) is 0 Å². The summed E-state index contributed by atoms with van der Waals surface area (Å²) in [5.41, 5.74) is 2.92. The number of hydrogen-bond acceptors (Lipinski definition) is 0. The molecule has 0 radical (unpaired) electrons. The Morgan fingerprint density at radius 2 is 0.846 bits per heavy atom. The molecular formula is C24H24P2. The lowest BCUT2D eigenvalue weighted by molar-refractivity contribution is 1.73. The van der Waals surface area contributed by atoms with Crippen LogP contribution in [0.2, 0.25) is 0 Å². The summed E-state index contributed by atoms with van der Waals surface area (Å²) in [5.74, 6) is 0. The number of hydrogen-bond donors (Lipinski definition) is 0. The second-order valence-corrected chi connectivity index (χ2v) is 11.7. The van der Waals surface area contributed by atoms with Crippen LogP contribution in [-0.4, -0.2) is 26.7 Å². The maximum absolute atomic E-state index is 2.37. The molecule has 0 bridgehead atoms. The zero-order valence-corrected chi connectivity index (χ0v) is 17.6. The molecule has 0 heterocycles. The molecule has 0 aromatic heterocycles. The van der Waals surface area contributed by atoms with Crippen molar-refractivity contribution in [2.75, 3.05) is 26.7 Å². The lowest BCUT2D eigenvalue weighted by Crippen LogP contribution is -2.12. The summed E-state index contributed by atoms with van der Waals surface area (Å²) in [5, 5.41) is 8.45. The van der Waals surface area contributed by atoms with E-state index in [0.717, 1.165) is 0 Å². The van der Waals surface area contributed by atoms with E-state index in [1.165, 1.54) is 43.3 Å². The van der Waals surface area contributed by atoms with Gasteiger partial charge in [-0.3, -0.25) is 0 Å². The topological polar surface area (TPSA) is 0 Å². The van der Waals surface area contributed by atoms with Crippen molar-refractivity contribution in [3.63, 3.8) is 0 Å². The Morgan fingerprint density at radius 3 is 1.23 bits per heavy atom. The molecular weight excluding hydrogens is 350 g/mol. The monoisotopic (exact) mass is 374 g/mol. The van der Waals surface area contributed by atoms with Gasteiger partial charge in [0.15, 0.2) is 0 Å². The van der Waals surface area contributed by atoms with Crippen molar-refractivity contribution in [3.8, 4) is 11.1 Å². The molecule has 26 heavy (non-hydrogen) atoms. The van der Waals surface area contributed by atoms with E-state index in [1.54, 1.807) is 0 Å². The van der Waals surface area contributed by atoms with E-state index in [1.807, 2.05) is 0 Å². The Balaban J connectivity index is 2.23. The Bertz CT molecular complexity index is 1000. The lowest BCUT2D eigenvalue weighted by atomic mass is 9.93. The van der Waals surface area contributed by atoms with Gasteiger partial charge in [0.1, 0.15) is 0 Å². The molecule has 0 aliphatic rings. The first-order valence-electron chi connectivity index (χ1n) is 8.96. The maximum atomic E-state index is 2.37. The minimum Gasteiger partial charge on any atom is -0.0810 e. The summed E-state index contributed by atoms with van der Waals surface area (Å²) in [4.78, 5) is 0. The average Bonchev–Trinajstić information content (AvgIpc) is 2.66. The van der Waals surface area contributed by atoms with Gasteiger partial charge in [-0.2, -0.15) is 0 Å². The largest absolute Gasteiger partial charge is 0.0810 e.